The quantitative estimate of drug-likeness (QED) is 0.272. The fraction of sp³-hybridized carbons (Fsp3) is 1.00. The molecule has 0 atom stereocenters. The Bertz CT molecular complexity index is 270. The lowest BCUT2D eigenvalue weighted by atomic mass is 10.7. The zero-order valence-corrected chi connectivity index (χ0v) is 8.12. The largest absolute Gasteiger partial charge is 0.384 e. The third-order valence-electron chi connectivity index (χ3n) is 1.15. The first-order valence-electron chi connectivity index (χ1n) is 3.59. The van der Waals surface area contributed by atoms with Crippen molar-refractivity contribution in [1.82, 2.24) is 4.72 Å². The molecule has 0 bridgehead atoms. The fourth-order valence-corrected chi connectivity index (χ4v) is 1.49. The van der Waals surface area contributed by atoms with Gasteiger partial charge >= 0.3 is 0 Å². The van der Waals surface area contributed by atoms with Gasteiger partial charge in [0.05, 0.1) is 12.4 Å². The van der Waals surface area contributed by atoms with Crippen LogP contribution in [0.1, 0.15) is 0 Å². The van der Waals surface area contributed by atoms with Crippen LogP contribution in [0.4, 0.5) is 0 Å². The number of ether oxygens (including phenoxy) is 1. The van der Waals surface area contributed by atoms with E-state index in [4.69, 9.17) is 5.53 Å². The molecule has 0 spiro atoms. The minimum absolute atomic E-state index is 0.0836. The Balaban J connectivity index is 3.69. The molecule has 7 nitrogen and oxygen atoms in total. The van der Waals surface area contributed by atoms with Gasteiger partial charge in [-0.15, -0.1) is 0 Å². The molecule has 0 heterocycles. The first-order valence-corrected chi connectivity index (χ1v) is 5.25. The number of hydrogen-bond acceptors (Lipinski definition) is 4. The van der Waals surface area contributed by atoms with Gasteiger partial charge in [-0.05, 0) is 5.53 Å². The number of hydrogen-bond donors (Lipinski definition) is 1. The molecule has 0 unspecified atom stereocenters. The van der Waals surface area contributed by atoms with E-state index in [-0.39, 0.29) is 25.4 Å². The Morgan fingerprint density at radius 3 is 2.85 bits per heavy atom. The van der Waals surface area contributed by atoms with E-state index in [2.05, 4.69) is 19.5 Å². The molecular formula is C5H12N4O3S. The van der Waals surface area contributed by atoms with Gasteiger partial charge in [0.15, 0.2) is 0 Å². The summed E-state index contributed by atoms with van der Waals surface area (Å²) in [6, 6.07) is 0. The molecule has 0 saturated carbocycles. The van der Waals surface area contributed by atoms with Gasteiger partial charge in [0.2, 0.25) is 10.0 Å². The van der Waals surface area contributed by atoms with Crippen LogP contribution in [-0.2, 0) is 14.8 Å². The molecule has 0 aliphatic rings. The summed E-state index contributed by atoms with van der Waals surface area (Å²) in [5.74, 6) is -0.0836. The molecule has 1 N–H and O–H groups in total. The second-order valence-electron chi connectivity index (χ2n) is 2.16. The highest BCUT2D eigenvalue weighted by molar-refractivity contribution is 7.89. The van der Waals surface area contributed by atoms with Crippen molar-refractivity contribution in [3.63, 3.8) is 0 Å². The SMILES string of the molecule is COCCS(=O)(=O)NCCN=[N+]=[N-]. The van der Waals surface area contributed by atoms with Gasteiger partial charge < -0.3 is 4.74 Å². The van der Waals surface area contributed by atoms with Crippen molar-refractivity contribution in [3.8, 4) is 0 Å². The average Bonchev–Trinajstić information content (AvgIpc) is 2.09. The lowest BCUT2D eigenvalue weighted by molar-refractivity contribution is 0.217. The Kier molecular flexibility index (Phi) is 6.25. The maximum absolute atomic E-state index is 11.0. The maximum atomic E-state index is 11.0. The molecule has 0 rings (SSSR count). The van der Waals surface area contributed by atoms with Crippen LogP contribution in [0.15, 0.2) is 5.11 Å². The summed E-state index contributed by atoms with van der Waals surface area (Å²) >= 11 is 0. The van der Waals surface area contributed by atoms with Crippen molar-refractivity contribution < 1.29 is 13.2 Å². The zero-order valence-electron chi connectivity index (χ0n) is 7.30. The minimum Gasteiger partial charge on any atom is -0.384 e. The van der Waals surface area contributed by atoms with Gasteiger partial charge in [-0.2, -0.15) is 0 Å². The van der Waals surface area contributed by atoms with E-state index in [0.29, 0.717) is 0 Å². The summed E-state index contributed by atoms with van der Waals surface area (Å²) in [5, 5.41) is 3.18. The predicted octanol–water partition coefficient (Wildman–Crippen LogP) is -0.137. The van der Waals surface area contributed by atoms with E-state index in [1.165, 1.54) is 7.11 Å². The molecule has 13 heavy (non-hydrogen) atoms. The van der Waals surface area contributed by atoms with E-state index in [1.54, 1.807) is 0 Å². The van der Waals surface area contributed by atoms with Crippen LogP contribution in [-0.4, -0.2) is 41.0 Å². The Morgan fingerprint density at radius 1 is 1.62 bits per heavy atom. The van der Waals surface area contributed by atoms with Gasteiger partial charge in [-0.25, -0.2) is 13.1 Å². The number of azide groups is 1. The van der Waals surface area contributed by atoms with E-state index >= 15 is 0 Å². The average molecular weight is 208 g/mol. The number of nitrogens with one attached hydrogen (secondary N) is 1. The number of sulfonamides is 1. The molecule has 0 aliphatic heterocycles. The monoisotopic (exact) mass is 208 g/mol. The van der Waals surface area contributed by atoms with Crippen molar-refractivity contribution in [3.05, 3.63) is 10.4 Å². The smallest absolute Gasteiger partial charge is 0.213 e. The highest BCUT2D eigenvalue weighted by Gasteiger charge is 2.07. The lowest BCUT2D eigenvalue weighted by Gasteiger charge is -2.03. The zero-order chi connectivity index (χ0) is 10.2. The Hall–Kier alpha value is -0.820. The van der Waals surface area contributed by atoms with Crippen LogP contribution in [0.2, 0.25) is 0 Å². The highest BCUT2D eigenvalue weighted by Crippen LogP contribution is 1.84. The number of nitrogens with zero attached hydrogens (tertiary/aromatic N) is 3. The summed E-state index contributed by atoms with van der Waals surface area (Å²) in [6.07, 6.45) is 0. The van der Waals surface area contributed by atoms with Gasteiger partial charge in [0.25, 0.3) is 0 Å². The molecule has 0 aromatic rings. The van der Waals surface area contributed by atoms with Crippen LogP contribution >= 0.6 is 0 Å². The molecule has 0 aromatic carbocycles. The van der Waals surface area contributed by atoms with Crippen LogP contribution in [0.25, 0.3) is 10.4 Å². The summed E-state index contributed by atoms with van der Waals surface area (Å²) in [7, 11) is -1.86. The summed E-state index contributed by atoms with van der Waals surface area (Å²) < 4.78 is 28.9. The van der Waals surface area contributed by atoms with Gasteiger partial charge in [-0.3, -0.25) is 0 Å². The van der Waals surface area contributed by atoms with Crippen LogP contribution in [0, 0.1) is 0 Å². The highest BCUT2D eigenvalue weighted by atomic mass is 32.2. The third kappa shape index (κ3) is 7.54. The standard InChI is InChI=1S/C5H12N4O3S/c1-12-4-5-13(10,11)8-3-2-7-9-6/h8H,2-5H2,1H3. The van der Waals surface area contributed by atoms with Crippen LogP contribution < -0.4 is 4.72 Å². The van der Waals surface area contributed by atoms with E-state index < -0.39 is 10.0 Å². The molecular weight excluding hydrogens is 196 g/mol. The van der Waals surface area contributed by atoms with Crippen molar-refractivity contribution in [2.24, 2.45) is 5.11 Å². The topological polar surface area (TPSA) is 104 Å². The van der Waals surface area contributed by atoms with Crippen molar-refractivity contribution in [1.29, 1.82) is 0 Å². The maximum Gasteiger partial charge on any atom is 0.213 e. The number of rotatable bonds is 7. The molecule has 8 heteroatoms. The van der Waals surface area contributed by atoms with Crippen LogP contribution in [0.3, 0.4) is 0 Å². The van der Waals surface area contributed by atoms with E-state index in [1.807, 2.05) is 0 Å². The Morgan fingerprint density at radius 2 is 2.31 bits per heavy atom. The van der Waals surface area contributed by atoms with Crippen molar-refractivity contribution in [2.45, 2.75) is 0 Å². The second kappa shape index (κ2) is 6.67. The minimum atomic E-state index is -3.28. The Labute approximate surface area is 76.8 Å². The van der Waals surface area contributed by atoms with Gasteiger partial charge in [0, 0.05) is 25.1 Å². The molecule has 0 aromatic heterocycles. The van der Waals surface area contributed by atoms with Crippen molar-refractivity contribution >= 4 is 10.0 Å². The van der Waals surface area contributed by atoms with E-state index in [0.717, 1.165) is 0 Å². The van der Waals surface area contributed by atoms with Crippen molar-refractivity contribution in [2.75, 3.05) is 32.6 Å². The lowest BCUT2D eigenvalue weighted by Crippen LogP contribution is -2.30. The van der Waals surface area contributed by atoms with Crippen LogP contribution in [0.5, 0.6) is 0 Å². The molecule has 76 valence electrons. The first-order chi connectivity index (χ1) is 6.12. The molecule has 0 amide bonds. The normalized spacial score (nSPS) is 10.8. The summed E-state index contributed by atoms with van der Waals surface area (Å²) in [4.78, 5) is 2.48. The summed E-state index contributed by atoms with van der Waals surface area (Å²) in [5.41, 5.74) is 7.90. The fourth-order valence-electron chi connectivity index (χ4n) is 0.561. The van der Waals surface area contributed by atoms with E-state index in [9.17, 15) is 8.42 Å². The first kappa shape index (κ1) is 12.2. The summed E-state index contributed by atoms with van der Waals surface area (Å²) in [6.45, 7) is 0.385. The molecule has 0 radical (unpaired) electrons. The van der Waals surface area contributed by atoms with Gasteiger partial charge in [-0.1, -0.05) is 5.11 Å². The molecule has 0 aliphatic carbocycles. The van der Waals surface area contributed by atoms with Gasteiger partial charge in [0.1, 0.15) is 0 Å². The molecule has 0 fully saturated rings. The second-order valence-corrected chi connectivity index (χ2v) is 4.09. The predicted molar refractivity (Wildman–Crippen MR) is 47.7 cm³/mol. The number of methoxy groups -OCH3 is 1. The molecule has 0 saturated heterocycles. The third-order valence-corrected chi connectivity index (χ3v) is 2.50.